The molecule has 29 heavy (non-hydrogen) atoms. The Morgan fingerprint density at radius 2 is 1.59 bits per heavy atom. The molecule has 2 rings (SSSR count). The number of benzene rings is 2. The lowest BCUT2D eigenvalue weighted by Crippen LogP contribution is -2.40. The molecule has 0 heterocycles. The number of carbonyl (C=O) groups is 2. The van der Waals surface area contributed by atoms with E-state index in [0.717, 1.165) is 22.6 Å². The highest BCUT2D eigenvalue weighted by Gasteiger charge is 2.18. The lowest BCUT2D eigenvalue weighted by atomic mass is 9.97. The Kier molecular flexibility index (Phi) is 9.22. The number of carbonyl (C=O) groups excluding carboxylic acids is 2. The molecule has 0 fully saturated rings. The number of hydrogen-bond donors (Lipinski definition) is 2. The summed E-state index contributed by atoms with van der Waals surface area (Å²) in [6, 6.07) is 17.7. The first-order valence-corrected chi connectivity index (χ1v) is 11.1. The molecule has 2 N–H and O–H groups in total. The molecule has 0 radical (unpaired) electrons. The first-order valence-electron chi connectivity index (χ1n) is 9.84. The molecule has 1 atom stereocenters. The number of rotatable bonds is 10. The molecule has 0 bridgehead atoms. The molecule has 2 aromatic rings. The number of nitrogens with one attached hydrogen (secondary N) is 2. The molecule has 156 valence electrons. The lowest BCUT2D eigenvalue weighted by Gasteiger charge is -2.23. The maximum absolute atomic E-state index is 12.6. The zero-order chi connectivity index (χ0) is 21.2. The number of anilines is 1. The van der Waals surface area contributed by atoms with Crippen LogP contribution in [0.25, 0.3) is 0 Å². The average molecular weight is 414 g/mol. The zero-order valence-corrected chi connectivity index (χ0v) is 18.5. The van der Waals surface area contributed by atoms with Gasteiger partial charge in [-0.05, 0) is 43.3 Å². The summed E-state index contributed by atoms with van der Waals surface area (Å²) in [5.74, 6) is 0.239. The Balaban J connectivity index is 1.89. The van der Waals surface area contributed by atoms with Gasteiger partial charge < -0.3 is 10.6 Å². The van der Waals surface area contributed by atoms with Crippen molar-refractivity contribution in [1.29, 1.82) is 0 Å². The minimum atomic E-state index is -0.136. The van der Waals surface area contributed by atoms with Gasteiger partial charge in [0.05, 0.1) is 24.8 Å². The molecule has 0 unspecified atom stereocenters. The molecule has 0 spiro atoms. The van der Waals surface area contributed by atoms with Gasteiger partial charge in [0.1, 0.15) is 0 Å². The predicted octanol–water partition coefficient (Wildman–Crippen LogP) is 4.18. The van der Waals surface area contributed by atoms with E-state index in [4.69, 9.17) is 0 Å². The number of amides is 2. The van der Waals surface area contributed by atoms with E-state index in [1.165, 1.54) is 0 Å². The monoisotopic (exact) mass is 413 g/mol. The fraction of sp³-hybridized carbons (Fsp3) is 0.391. The molecule has 0 aliphatic carbocycles. The van der Waals surface area contributed by atoms with Crippen LogP contribution >= 0.6 is 11.8 Å². The third-order valence-corrected chi connectivity index (χ3v) is 5.25. The number of hydrogen-bond acceptors (Lipinski definition) is 4. The molecule has 5 nitrogen and oxygen atoms in total. The van der Waals surface area contributed by atoms with E-state index in [1.807, 2.05) is 60.9 Å². The van der Waals surface area contributed by atoms with Crippen LogP contribution in [0.4, 0.5) is 5.69 Å². The molecular weight excluding hydrogens is 382 g/mol. The van der Waals surface area contributed by atoms with Crippen molar-refractivity contribution in [2.24, 2.45) is 5.92 Å². The van der Waals surface area contributed by atoms with Crippen molar-refractivity contribution < 1.29 is 9.59 Å². The van der Waals surface area contributed by atoms with Crippen LogP contribution < -0.4 is 10.6 Å². The van der Waals surface area contributed by atoms with E-state index in [9.17, 15) is 9.59 Å². The highest BCUT2D eigenvalue weighted by molar-refractivity contribution is 7.98. The maximum Gasteiger partial charge on any atom is 0.238 e. The van der Waals surface area contributed by atoms with E-state index < -0.39 is 0 Å². The molecule has 0 aliphatic heterocycles. The second-order valence-corrected chi connectivity index (χ2v) is 8.43. The fourth-order valence-electron chi connectivity index (χ4n) is 3.16. The molecular formula is C23H31N3O2S. The first kappa shape index (κ1) is 23.0. The van der Waals surface area contributed by atoms with Crippen LogP contribution in [0, 0.1) is 5.92 Å². The van der Waals surface area contributed by atoms with Crippen molar-refractivity contribution in [3.63, 3.8) is 0 Å². The molecule has 6 heteroatoms. The van der Waals surface area contributed by atoms with Crippen molar-refractivity contribution in [1.82, 2.24) is 10.2 Å². The first-order chi connectivity index (χ1) is 13.9. The quantitative estimate of drug-likeness (QED) is 0.574. The zero-order valence-electron chi connectivity index (χ0n) is 17.6. The Morgan fingerprint density at radius 1 is 0.966 bits per heavy atom. The van der Waals surface area contributed by atoms with Crippen LogP contribution in [0.1, 0.15) is 31.9 Å². The van der Waals surface area contributed by atoms with Gasteiger partial charge in [-0.25, -0.2) is 0 Å². The topological polar surface area (TPSA) is 61.4 Å². The van der Waals surface area contributed by atoms with Crippen molar-refractivity contribution in [3.8, 4) is 0 Å². The standard InChI is InChI=1S/C23H31N3O2S/c1-17(2)14-20(18-10-6-5-7-11-18)25-23(28)16-26(3)15-22(27)24-19-12-8-9-13-21(19)29-4/h5-13,17,20H,14-16H2,1-4H3,(H,24,27)(H,25,28)/t20-/m0/s1. The Labute approximate surface area is 178 Å². The minimum Gasteiger partial charge on any atom is -0.348 e. The molecule has 0 aliphatic rings. The van der Waals surface area contributed by atoms with E-state index in [1.54, 1.807) is 23.7 Å². The summed E-state index contributed by atoms with van der Waals surface area (Å²) in [5, 5.41) is 6.05. The van der Waals surface area contributed by atoms with E-state index in [0.29, 0.717) is 5.92 Å². The third kappa shape index (κ3) is 7.91. The lowest BCUT2D eigenvalue weighted by molar-refractivity contribution is -0.123. The van der Waals surface area contributed by atoms with Gasteiger partial charge in [-0.1, -0.05) is 56.3 Å². The largest absolute Gasteiger partial charge is 0.348 e. The smallest absolute Gasteiger partial charge is 0.238 e. The van der Waals surface area contributed by atoms with Crippen LogP contribution in [0.15, 0.2) is 59.5 Å². The summed E-state index contributed by atoms with van der Waals surface area (Å²) in [7, 11) is 1.78. The van der Waals surface area contributed by atoms with Gasteiger partial charge in [0.2, 0.25) is 11.8 Å². The normalized spacial score (nSPS) is 12.1. The van der Waals surface area contributed by atoms with Crippen LogP contribution in [-0.4, -0.2) is 43.1 Å². The van der Waals surface area contributed by atoms with E-state index >= 15 is 0 Å². The number of nitrogens with zero attached hydrogens (tertiary/aromatic N) is 1. The SMILES string of the molecule is CSc1ccccc1NC(=O)CN(C)CC(=O)N[C@@H](CC(C)C)c1ccccc1. The minimum absolute atomic E-state index is 0.0283. The summed E-state index contributed by atoms with van der Waals surface area (Å²) in [4.78, 5) is 27.7. The Bertz CT molecular complexity index is 796. The Hall–Kier alpha value is -2.31. The number of thioether (sulfide) groups is 1. The number of likely N-dealkylation sites (N-methyl/N-ethyl adjacent to an activating group) is 1. The van der Waals surface area contributed by atoms with E-state index in [2.05, 4.69) is 24.5 Å². The number of para-hydroxylation sites is 1. The Morgan fingerprint density at radius 3 is 2.24 bits per heavy atom. The van der Waals surface area contributed by atoms with Crippen LogP contribution in [0.3, 0.4) is 0 Å². The van der Waals surface area contributed by atoms with Gasteiger partial charge in [-0.15, -0.1) is 11.8 Å². The summed E-state index contributed by atoms with van der Waals surface area (Å²) in [6.07, 6.45) is 2.84. The molecule has 0 aromatic heterocycles. The van der Waals surface area contributed by atoms with Crippen molar-refractivity contribution in [2.75, 3.05) is 31.7 Å². The summed E-state index contributed by atoms with van der Waals surface area (Å²) in [5.41, 5.74) is 1.90. The molecule has 2 amide bonds. The molecule has 0 saturated heterocycles. The van der Waals surface area contributed by atoms with Crippen LogP contribution in [0.2, 0.25) is 0 Å². The van der Waals surface area contributed by atoms with Gasteiger partial charge in [0.25, 0.3) is 0 Å². The maximum atomic E-state index is 12.6. The fourth-order valence-corrected chi connectivity index (χ4v) is 3.71. The van der Waals surface area contributed by atoms with Crippen molar-refractivity contribution in [2.45, 2.75) is 31.2 Å². The average Bonchev–Trinajstić information content (AvgIpc) is 2.68. The molecule has 2 aromatic carbocycles. The predicted molar refractivity (Wildman–Crippen MR) is 121 cm³/mol. The van der Waals surface area contributed by atoms with Crippen LogP contribution in [-0.2, 0) is 9.59 Å². The van der Waals surface area contributed by atoms with Gasteiger partial charge in [-0.2, -0.15) is 0 Å². The van der Waals surface area contributed by atoms with E-state index in [-0.39, 0.29) is 30.9 Å². The summed E-state index contributed by atoms with van der Waals surface area (Å²) < 4.78 is 0. The van der Waals surface area contributed by atoms with Gasteiger partial charge in [-0.3, -0.25) is 14.5 Å². The highest BCUT2D eigenvalue weighted by Crippen LogP contribution is 2.24. The third-order valence-electron chi connectivity index (χ3n) is 4.45. The van der Waals surface area contributed by atoms with Gasteiger partial charge in [0.15, 0.2) is 0 Å². The van der Waals surface area contributed by atoms with Gasteiger partial charge >= 0.3 is 0 Å². The van der Waals surface area contributed by atoms with Crippen molar-refractivity contribution >= 4 is 29.3 Å². The summed E-state index contributed by atoms with van der Waals surface area (Å²) in [6.45, 7) is 4.60. The van der Waals surface area contributed by atoms with Crippen molar-refractivity contribution in [3.05, 3.63) is 60.2 Å². The summed E-state index contributed by atoms with van der Waals surface area (Å²) >= 11 is 1.58. The van der Waals surface area contributed by atoms with Crippen LogP contribution in [0.5, 0.6) is 0 Å². The molecule has 0 saturated carbocycles. The van der Waals surface area contributed by atoms with Gasteiger partial charge in [0, 0.05) is 4.90 Å². The second-order valence-electron chi connectivity index (χ2n) is 7.58. The second kappa shape index (κ2) is 11.6. The highest BCUT2D eigenvalue weighted by atomic mass is 32.2.